The minimum atomic E-state index is 0.250. The van der Waals surface area contributed by atoms with Crippen LogP contribution in [0.1, 0.15) is 0 Å². The van der Waals surface area contributed by atoms with Crippen molar-refractivity contribution in [3.63, 3.8) is 0 Å². The van der Waals surface area contributed by atoms with E-state index in [0.717, 1.165) is 0 Å². The van der Waals surface area contributed by atoms with Gasteiger partial charge in [-0.1, -0.05) is 19.7 Å². The lowest BCUT2D eigenvalue weighted by Gasteiger charge is -1.76. The van der Waals surface area contributed by atoms with Crippen LogP contribution in [-0.2, 0) is 4.74 Å². The molecule has 0 aromatic heterocycles. The van der Waals surface area contributed by atoms with Gasteiger partial charge in [0.1, 0.15) is 0 Å². The van der Waals surface area contributed by atoms with Crippen molar-refractivity contribution in [1.82, 2.24) is 0 Å². The van der Waals surface area contributed by atoms with Crippen molar-refractivity contribution in [1.29, 1.82) is 0 Å². The zero-order chi connectivity index (χ0) is 8.83. The van der Waals surface area contributed by atoms with Gasteiger partial charge in [0.15, 0.2) is 0 Å². The summed E-state index contributed by atoms with van der Waals surface area (Å²) >= 11 is 0. The number of halogens is 2. The molecule has 0 spiro atoms. The molecule has 0 radical (unpaired) electrons. The number of hydrogen-bond acceptors (Lipinski definition) is 1. The molecule has 0 aliphatic carbocycles. The lowest BCUT2D eigenvalue weighted by atomic mass is 11.1. The van der Waals surface area contributed by atoms with E-state index in [9.17, 15) is 8.78 Å². The summed E-state index contributed by atoms with van der Waals surface area (Å²) in [7, 11) is 0.500. The lowest BCUT2D eigenvalue weighted by Crippen LogP contribution is -1.52. The second-order valence-electron chi connectivity index (χ2n) is 0.624. The fourth-order valence-corrected chi connectivity index (χ4v) is 0.0680. The van der Waals surface area contributed by atoms with Crippen LogP contribution in [0.5, 0.6) is 0 Å². The van der Waals surface area contributed by atoms with Gasteiger partial charge in [0.05, 0.1) is 26.0 Å². The van der Waals surface area contributed by atoms with E-state index >= 15 is 0 Å². The molecule has 0 saturated heterocycles. The van der Waals surface area contributed by atoms with Crippen molar-refractivity contribution >= 4 is 0 Å². The van der Waals surface area contributed by atoms with Gasteiger partial charge in [-0.25, -0.2) is 4.39 Å². The van der Waals surface area contributed by atoms with E-state index in [4.69, 9.17) is 0 Å². The number of rotatable bonds is 2. The Bertz CT molecular complexity index is 66.0. The average molecular weight is 150 g/mol. The molecule has 0 aliphatic rings. The molecule has 0 fully saturated rings. The first-order valence-corrected chi connectivity index (χ1v) is 2.29. The molecule has 0 amide bonds. The Morgan fingerprint density at radius 1 is 1.10 bits per heavy atom. The molecule has 0 heterocycles. The largest absolute Gasteiger partial charge is 0.474 e. The van der Waals surface area contributed by atoms with Gasteiger partial charge < -0.3 is 4.74 Å². The van der Waals surface area contributed by atoms with Crippen molar-refractivity contribution in [2.75, 3.05) is 7.18 Å². The first-order chi connectivity index (χ1) is 4.83. The third-order valence-corrected chi connectivity index (χ3v) is 0.192. The van der Waals surface area contributed by atoms with Crippen LogP contribution in [0, 0.1) is 0 Å². The summed E-state index contributed by atoms with van der Waals surface area (Å²) in [5, 5.41) is 0. The molecule has 3 heteroatoms. The third-order valence-electron chi connectivity index (χ3n) is 0.192. The molecule has 0 atom stereocenters. The third kappa shape index (κ3) is 307. The molecule has 0 rings (SSSR count). The van der Waals surface area contributed by atoms with Crippen LogP contribution in [0.25, 0.3) is 0 Å². The van der Waals surface area contributed by atoms with Crippen molar-refractivity contribution in [3.8, 4) is 0 Å². The van der Waals surface area contributed by atoms with Crippen LogP contribution in [0.3, 0.4) is 0 Å². The highest BCUT2D eigenvalue weighted by Crippen LogP contribution is 1.65. The number of hydrogen-bond donors (Lipinski definition) is 0. The maximum atomic E-state index is 10.1. The van der Waals surface area contributed by atoms with E-state index < -0.39 is 0 Å². The predicted molar refractivity (Wildman–Crippen MR) is 39.8 cm³/mol. The molecule has 0 aliphatic heterocycles. The highest BCUT2D eigenvalue weighted by molar-refractivity contribution is 4.57. The van der Waals surface area contributed by atoms with Crippen LogP contribution in [0.2, 0.25) is 0 Å². The highest BCUT2D eigenvalue weighted by atomic mass is 19.1. The summed E-state index contributed by atoms with van der Waals surface area (Å²) in [4.78, 5) is 0. The second kappa shape index (κ2) is 45.0. The summed E-state index contributed by atoms with van der Waals surface area (Å²) in [6.07, 6.45) is 2.88. The van der Waals surface area contributed by atoms with E-state index in [-0.39, 0.29) is 6.33 Å². The van der Waals surface area contributed by atoms with E-state index in [1.54, 1.807) is 0 Å². The van der Waals surface area contributed by atoms with Crippen LogP contribution in [0.4, 0.5) is 8.78 Å². The van der Waals surface area contributed by atoms with Gasteiger partial charge in [-0.3, -0.25) is 4.39 Å². The van der Waals surface area contributed by atoms with Crippen LogP contribution in [0.15, 0.2) is 38.6 Å². The maximum absolute atomic E-state index is 10.1. The van der Waals surface area contributed by atoms with Crippen molar-refractivity contribution in [2.24, 2.45) is 0 Å². The first kappa shape index (κ1) is 15.9. The Balaban J connectivity index is -0.0000000847. The van der Waals surface area contributed by atoms with E-state index in [0.29, 0.717) is 7.18 Å². The van der Waals surface area contributed by atoms with Gasteiger partial charge in [0.25, 0.3) is 0 Å². The van der Waals surface area contributed by atoms with Gasteiger partial charge in [-0.15, -0.1) is 0 Å². The van der Waals surface area contributed by atoms with Crippen LogP contribution in [-0.4, -0.2) is 7.18 Å². The summed E-state index contributed by atoms with van der Waals surface area (Å²) < 4.78 is 23.9. The SMILES string of the molecule is C=CF.C=COC=C.CF. The average Bonchev–Trinajstić information content (AvgIpc) is 1.96. The Morgan fingerprint density at radius 3 is 1.30 bits per heavy atom. The highest BCUT2D eigenvalue weighted by Gasteiger charge is 1.45. The summed E-state index contributed by atoms with van der Waals surface area (Å²) in [6.45, 7) is 9.21. The zero-order valence-electron chi connectivity index (χ0n) is 6.02. The van der Waals surface area contributed by atoms with Crippen molar-refractivity contribution in [2.45, 2.75) is 0 Å². The molecule has 0 N–H and O–H groups in total. The Morgan fingerprint density at radius 2 is 1.30 bits per heavy atom. The lowest BCUT2D eigenvalue weighted by molar-refractivity contribution is 0.406. The molecule has 0 unspecified atom stereocenters. The minimum absolute atomic E-state index is 0.250. The molecule has 0 aromatic rings. The molecular formula is C7H12F2O. The molecular weight excluding hydrogens is 138 g/mol. The topological polar surface area (TPSA) is 9.23 Å². The summed E-state index contributed by atoms with van der Waals surface area (Å²) in [6, 6.07) is 0. The number of ether oxygens (including phenoxy) is 1. The molecule has 10 heavy (non-hydrogen) atoms. The van der Waals surface area contributed by atoms with Gasteiger partial charge in [0, 0.05) is 0 Å². The second-order valence-corrected chi connectivity index (χ2v) is 0.624. The minimum Gasteiger partial charge on any atom is -0.474 e. The van der Waals surface area contributed by atoms with Crippen molar-refractivity contribution < 1.29 is 13.5 Å². The fourth-order valence-electron chi connectivity index (χ4n) is 0.0680. The molecule has 60 valence electrons. The smallest absolute Gasteiger partial charge is 0.0829 e. The van der Waals surface area contributed by atoms with Gasteiger partial charge >= 0.3 is 0 Å². The fraction of sp³-hybridized carbons (Fsp3) is 0.143. The zero-order valence-corrected chi connectivity index (χ0v) is 6.02. The molecule has 0 bridgehead atoms. The molecule has 0 aromatic carbocycles. The molecule has 1 nitrogen and oxygen atoms in total. The van der Waals surface area contributed by atoms with Gasteiger partial charge in [0.2, 0.25) is 0 Å². The van der Waals surface area contributed by atoms with Gasteiger partial charge in [-0.2, -0.15) is 0 Å². The van der Waals surface area contributed by atoms with Crippen LogP contribution < -0.4 is 0 Å². The van der Waals surface area contributed by atoms with E-state index in [1.165, 1.54) is 12.5 Å². The molecule has 0 saturated carbocycles. The Kier molecular flexibility index (Phi) is 71.7. The monoisotopic (exact) mass is 150 g/mol. The van der Waals surface area contributed by atoms with E-state index in [1.807, 2.05) is 0 Å². The van der Waals surface area contributed by atoms with Crippen LogP contribution >= 0.6 is 0 Å². The summed E-state index contributed by atoms with van der Waals surface area (Å²) in [5.74, 6) is 0. The quantitative estimate of drug-likeness (QED) is 0.550. The maximum Gasteiger partial charge on any atom is 0.0829 e. The summed E-state index contributed by atoms with van der Waals surface area (Å²) in [5.41, 5.74) is 0. The standard InChI is InChI=1S/C4H6O.C2H3F.CH3F/c1-3-5-4-2;1-2-3;1-2/h3-4H,1-2H2;2H,1H2;1H3. The normalized spacial score (nSPS) is 4.70. The van der Waals surface area contributed by atoms with Crippen molar-refractivity contribution in [3.05, 3.63) is 38.6 Å². The number of alkyl halides is 1. The first-order valence-electron chi connectivity index (χ1n) is 2.29. The van der Waals surface area contributed by atoms with Gasteiger partial charge in [-0.05, 0) is 0 Å². The Hall–Kier alpha value is -1.12. The predicted octanol–water partition coefficient (Wildman–Crippen LogP) is 2.98. The Labute approximate surface area is 60.3 Å². The van der Waals surface area contributed by atoms with E-state index in [2.05, 4.69) is 24.5 Å².